The molecular formula is C18H25N3. The molecule has 0 radical (unpaired) electrons. The molecule has 0 aliphatic carbocycles. The average Bonchev–Trinajstić information content (AvgIpc) is 2.47. The smallest absolute Gasteiger partial charge is 0.0705 e. The molecule has 2 heterocycles. The molecular weight excluding hydrogens is 258 g/mol. The Bertz CT molecular complexity index is 621. The van der Waals surface area contributed by atoms with Crippen LogP contribution in [0.2, 0.25) is 0 Å². The van der Waals surface area contributed by atoms with Crippen LogP contribution in [0, 0.1) is 6.92 Å². The lowest BCUT2D eigenvalue weighted by Crippen LogP contribution is -2.46. The van der Waals surface area contributed by atoms with Gasteiger partial charge in [0.2, 0.25) is 0 Å². The van der Waals surface area contributed by atoms with Gasteiger partial charge in [-0.2, -0.15) is 0 Å². The van der Waals surface area contributed by atoms with Crippen LogP contribution in [0.1, 0.15) is 43.5 Å². The lowest BCUT2D eigenvalue weighted by molar-refractivity contribution is 0.129. The molecule has 2 atom stereocenters. The molecule has 1 aliphatic heterocycles. The lowest BCUT2D eigenvalue weighted by Gasteiger charge is -2.40. The molecule has 112 valence electrons. The highest BCUT2D eigenvalue weighted by atomic mass is 15.2. The second-order valence-electron chi connectivity index (χ2n) is 6.19. The number of hydrogen-bond acceptors (Lipinski definition) is 3. The number of nitrogens with two attached hydrogens (primary N) is 1. The third-order valence-corrected chi connectivity index (χ3v) is 4.49. The van der Waals surface area contributed by atoms with E-state index in [1.165, 1.54) is 23.8 Å². The Morgan fingerprint density at radius 2 is 2.14 bits per heavy atom. The third kappa shape index (κ3) is 2.94. The first-order valence-corrected chi connectivity index (χ1v) is 8.06. The van der Waals surface area contributed by atoms with Crippen molar-refractivity contribution >= 4 is 10.9 Å². The van der Waals surface area contributed by atoms with Gasteiger partial charge >= 0.3 is 0 Å². The normalized spacial score (nSPS) is 23.6. The molecule has 3 heteroatoms. The van der Waals surface area contributed by atoms with Crippen molar-refractivity contribution < 1.29 is 0 Å². The van der Waals surface area contributed by atoms with Crippen molar-refractivity contribution in [1.29, 1.82) is 0 Å². The quantitative estimate of drug-likeness (QED) is 0.938. The Morgan fingerprint density at radius 3 is 2.95 bits per heavy atom. The number of piperidine rings is 1. The monoisotopic (exact) mass is 283 g/mol. The molecule has 3 rings (SSSR count). The van der Waals surface area contributed by atoms with Crippen molar-refractivity contribution in [3.63, 3.8) is 0 Å². The van der Waals surface area contributed by atoms with Crippen molar-refractivity contribution in [2.24, 2.45) is 5.73 Å². The van der Waals surface area contributed by atoms with Gasteiger partial charge in [-0.15, -0.1) is 0 Å². The summed E-state index contributed by atoms with van der Waals surface area (Å²) in [7, 11) is 0. The van der Waals surface area contributed by atoms with Crippen LogP contribution in [0.3, 0.4) is 0 Å². The second-order valence-corrected chi connectivity index (χ2v) is 6.19. The Kier molecular flexibility index (Phi) is 4.22. The number of aromatic nitrogens is 1. The largest absolute Gasteiger partial charge is 0.326 e. The number of aryl methyl sites for hydroxylation is 1. The molecule has 2 unspecified atom stereocenters. The number of rotatable bonds is 3. The Labute approximate surface area is 127 Å². The van der Waals surface area contributed by atoms with E-state index < -0.39 is 0 Å². The van der Waals surface area contributed by atoms with Gasteiger partial charge in [0.15, 0.2) is 0 Å². The first-order chi connectivity index (χ1) is 10.2. The molecule has 0 bridgehead atoms. The highest BCUT2D eigenvalue weighted by molar-refractivity contribution is 5.79. The van der Waals surface area contributed by atoms with Gasteiger partial charge in [0, 0.05) is 23.2 Å². The van der Waals surface area contributed by atoms with Crippen LogP contribution in [-0.2, 0) is 0 Å². The maximum atomic E-state index is 6.44. The van der Waals surface area contributed by atoms with E-state index in [1.807, 2.05) is 6.92 Å². The third-order valence-electron chi connectivity index (χ3n) is 4.49. The highest BCUT2D eigenvalue weighted by Crippen LogP contribution is 2.31. The van der Waals surface area contributed by atoms with E-state index in [2.05, 4.69) is 47.1 Å². The maximum absolute atomic E-state index is 6.44. The first kappa shape index (κ1) is 14.5. The minimum Gasteiger partial charge on any atom is -0.326 e. The number of fused-ring (bicyclic) bond motifs is 1. The summed E-state index contributed by atoms with van der Waals surface area (Å²) < 4.78 is 0. The fourth-order valence-corrected chi connectivity index (χ4v) is 3.52. The Hall–Kier alpha value is -1.45. The van der Waals surface area contributed by atoms with Gasteiger partial charge in [0.25, 0.3) is 0 Å². The molecule has 1 aliphatic rings. The van der Waals surface area contributed by atoms with Gasteiger partial charge in [0.05, 0.1) is 5.52 Å². The van der Waals surface area contributed by atoms with Crippen LogP contribution in [0.15, 0.2) is 30.3 Å². The van der Waals surface area contributed by atoms with Gasteiger partial charge in [-0.3, -0.25) is 9.88 Å². The fourth-order valence-electron chi connectivity index (χ4n) is 3.52. The van der Waals surface area contributed by atoms with Crippen LogP contribution < -0.4 is 5.73 Å². The number of hydrogen-bond donors (Lipinski definition) is 1. The molecule has 3 nitrogen and oxygen atoms in total. The molecule has 0 amide bonds. The van der Waals surface area contributed by atoms with Crippen molar-refractivity contribution in [3.05, 3.63) is 41.6 Å². The van der Waals surface area contributed by atoms with Crippen molar-refractivity contribution in [3.8, 4) is 0 Å². The molecule has 0 spiro atoms. The number of pyridine rings is 1. The van der Waals surface area contributed by atoms with E-state index in [0.717, 1.165) is 30.7 Å². The Morgan fingerprint density at radius 1 is 1.29 bits per heavy atom. The van der Waals surface area contributed by atoms with Crippen LogP contribution in [0.4, 0.5) is 0 Å². The van der Waals surface area contributed by atoms with E-state index in [4.69, 9.17) is 5.73 Å². The van der Waals surface area contributed by atoms with Gasteiger partial charge in [-0.1, -0.05) is 19.1 Å². The molecule has 2 N–H and O–H groups in total. The number of likely N-dealkylation sites (tertiary alicyclic amines) is 1. The zero-order valence-electron chi connectivity index (χ0n) is 13.0. The zero-order valence-corrected chi connectivity index (χ0v) is 13.0. The van der Waals surface area contributed by atoms with Crippen LogP contribution >= 0.6 is 0 Å². The molecule has 0 saturated carbocycles. The number of nitrogens with zero attached hydrogens (tertiary/aromatic N) is 2. The summed E-state index contributed by atoms with van der Waals surface area (Å²) in [4.78, 5) is 7.14. The molecule has 21 heavy (non-hydrogen) atoms. The zero-order chi connectivity index (χ0) is 14.8. The van der Waals surface area contributed by atoms with Crippen molar-refractivity contribution in [2.75, 3.05) is 13.1 Å². The summed E-state index contributed by atoms with van der Waals surface area (Å²) in [6, 6.07) is 11.5. The van der Waals surface area contributed by atoms with Gasteiger partial charge < -0.3 is 5.73 Å². The summed E-state index contributed by atoms with van der Waals surface area (Å²) in [6.45, 7) is 6.57. The summed E-state index contributed by atoms with van der Waals surface area (Å²) >= 11 is 0. The summed E-state index contributed by atoms with van der Waals surface area (Å²) in [6.07, 6.45) is 3.51. The average molecular weight is 283 g/mol. The summed E-state index contributed by atoms with van der Waals surface area (Å²) in [5.41, 5.74) is 9.93. The maximum Gasteiger partial charge on any atom is 0.0705 e. The highest BCUT2D eigenvalue weighted by Gasteiger charge is 2.29. The standard InChI is InChI=1S/C18H25N3/c1-3-10-21-11-4-5-16(19)18(21)15-8-9-17-14(12-15)7-6-13(2)20-17/h6-9,12,16,18H,3-5,10-11,19H2,1-2H3. The van der Waals surface area contributed by atoms with E-state index in [-0.39, 0.29) is 6.04 Å². The predicted molar refractivity (Wildman–Crippen MR) is 88.3 cm³/mol. The van der Waals surface area contributed by atoms with Crippen molar-refractivity contribution in [2.45, 2.75) is 45.2 Å². The minimum absolute atomic E-state index is 0.237. The van der Waals surface area contributed by atoms with Gasteiger partial charge in [0.1, 0.15) is 0 Å². The SMILES string of the molecule is CCCN1CCCC(N)C1c1ccc2nc(C)ccc2c1. The molecule has 1 aromatic heterocycles. The topological polar surface area (TPSA) is 42.1 Å². The van der Waals surface area contributed by atoms with E-state index in [9.17, 15) is 0 Å². The molecule has 1 aromatic carbocycles. The van der Waals surface area contributed by atoms with E-state index in [1.54, 1.807) is 0 Å². The first-order valence-electron chi connectivity index (χ1n) is 8.06. The predicted octanol–water partition coefficient (Wildman–Crippen LogP) is 3.42. The van der Waals surface area contributed by atoms with Crippen LogP contribution in [-0.4, -0.2) is 29.0 Å². The summed E-state index contributed by atoms with van der Waals surface area (Å²) in [5.74, 6) is 0. The van der Waals surface area contributed by atoms with E-state index >= 15 is 0 Å². The van der Waals surface area contributed by atoms with E-state index in [0.29, 0.717) is 6.04 Å². The van der Waals surface area contributed by atoms with Gasteiger partial charge in [-0.25, -0.2) is 0 Å². The van der Waals surface area contributed by atoms with Gasteiger partial charge in [-0.05, 0) is 63.0 Å². The lowest BCUT2D eigenvalue weighted by atomic mass is 9.90. The van der Waals surface area contributed by atoms with Crippen LogP contribution in [0.25, 0.3) is 10.9 Å². The summed E-state index contributed by atoms with van der Waals surface area (Å²) in [5, 5.41) is 1.22. The molecule has 2 aromatic rings. The Balaban J connectivity index is 1.98. The minimum atomic E-state index is 0.237. The number of benzene rings is 1. The molecule has 1 saturated heterocycles. The van der Waals surface area contributed by atoms with Crippen LogP contribution in [0.5, 0.6) is 0 Å². The second kappa shape index (κ2) is 6.12. The van der Waals surface area contributed by atoms with Crippen molar-refractivity contribution in [1.82, 2.24) is 9.88 Å². The fraction of sp³-hybridized carbons (Fsp3) is 0.500. The molecule has 1 fully saturated rings.